The van der Waals surface area contributed by atoms with E-state index in [4.69, 9.17) is 32.5 Å². The van der Waals surface area contributed by atoms with Crippen LogP contribution in [0.5, 0.6) is 11.5 Å². The SMILES string of the molecule is COc1cc(/C=N\N=C(N)N)ccc1OCc1ccc(Cl)cc1. The lowest BCUT2D eigenvalue weighted by molar-refractivity contribution is 0.284. The monoisotopic (exact) mass is 332 g/mol. The molecule has 2 rings (SSSR count). The van der Waals surface area contributed by atoms with Gasteiger partial charge < -0.3 is 20.9 Å². The summed E-state index contributed by atoms with van der Waals surface area (Å²) in [6.45, 7) is 0.412. The van der Waals surface area contributed by atoms with Gasteiger partial charge in [-0.2, -0.15) is 5.10 Å². The van der Waals surface area contributed by atoms with Gasteiger partial charge in [-0.15, -0.1) is 5.10 Å². The van der Waals surface area contributed by atoms with E-state index in [-0.39, 0.29) is 5.96 Å². The highest BCUT2D eigenvalue weighted by Crippen LogP contribution is 2.28. The summed E-state index contributed by atoms with van der Waals surface area (Å²) in [4.78, 5) is 0. The van der Waals surface area contributed by atoms with Crippen molar-refractivity contribution in [2.75, 3.05) is 7.11 Å². The van der Waals surface area contributed by atoms with Gasteiger partial charge >= 0.3 is 0 Å². The van der Waals surface area contributed by atoms with Crippen LogP contribution in [0.2, 0.25) is 5.02 Å². The van der Waals surface area contributed by atoms with E-state index in [1.54, 1.807) is 19.2 Å². The quantitative estimate of drug-likeness (QED) is 0.482. The van der Waals surface area contributed by atoms with Crippen LogP contribution in [0.3, 0.4) is 0 Å². The molecule has 0 aliphatic heterocycles. The smallest absolute Gasteiger partial charge is 0.211 e. The first-order chi connectivity index (χ1) is 11.1. The summed E-state index contributed by atoms with van der Waals surface area (Å²) in [5, 5.41) is 7.98. The van der Waals surface area contributed by atoms with Crippen LogP contribution in [-0.2, 0) is 6.61 Å². The van der Waals surface area contributed by atoms with E-state index in [0.717, 1.165) is 11.1 Å². The fraction of sp³-hybridized carbons (Fsp3) is 0.125. The van der Waals surface area contributed by atoms with Gasteiger partial charge in [0.05, 0.1) is 13.3 Å². The van der Waals surface area contributed by atoms with Crippen molar-refractivity contribution in [1.82, 2.24) is 0 Å². The van der Waals surface area contributed by atoms with Crippen LogP contribution in [0.4, 0.5) is 0 Å². The largest absolute Gasteiger partial charge is 0.493 e. The Morgan fingerprint density at radius 1 is 1.13 bits per heavy atom. The lowest BCUT2D eigenvalue weighted by Gasteiger charge is -2.11. The molecule has 0 spiro atoms. The summed E-state index contributed by atoms with van der Waals surface area (Å²) in [5.74, 6) is 1.12. The van der Waals surface area contributed by atoms with Gasteiger partial charge in [0.2, 0.25) is 5.96 Å². The highest BCUT2D eigenvalue weighted by molar-refractivity contribution is 6.30. The number of rotatable bonds is 6. The molecule has 0 aliphatic carbocycles. The molecule has 7 heteroatoms. The molecule has 0 saturated carbocycles. The molecule has 0 radical (unpaired) electrons. The predicted octanol–water partition coefficient (Wildman–Crippen LogP) is 2.53. The van der Waals surface area contributed by atoms with E-state index in [2.05, 4.69) is 10.2 Å². The molecule has 0 atom stereocenters. The molecule has 0 fully saturated rings. The first-order valence-corrected chi connectivity index (χ1v) is 7.13. The molecule has 0 aliphatic rings. The van der Waals surface area contributed by atoms with Crippen molar-refractivity contribution in [2.45, 2.75) is 6.61 Å². The summed E-state index contributed by atoms with van der Waals surface area (Å²) < 4.78 is 11.1. The van der Waals surface area contributed by atoms with E-state index in [9.17, 15) is 0 Å². The Kier molecular flexibility index (Phi) is 5.82. The second-order valence-corrected chi connectivity index (χ2v) is 5.03. The summed E-state index contributed by atoms with van der Waals surface area (Å²) in [5.41, 5.74) is 12.2. The van der Waals surface area contributed by atoms with Crippen molar-refractivity contribution in [3.05, 3.63) is 58.6 Å². The maximum absolute atomic E-state index is 5.86. The second kappa shape index (κ2) is 8.05. The number of guanidine groups is 1. The van der Waals surface area contributed by atoms with Crippen LogP contribution in [-0.4, -0.2) is 19.3 Å². The summed E-state index contributed by atoms with van der Waals surface area (Å²) >= 11 is 5.86. The lowest BCUT2D eigenvalue weighted by atomic mass is 10.2. The lowest BCUT2D eigenvalue weighted by Crippen LogP contribution is -2.21. The molecule has 0 heterocycles. The van der Waals surface area contributed by atoms with Crippen molar-refractivity contribution in [1.29, 1.82) is 0 Å². The van der Waals surface area contributed by atoms with Gasteiger partial charge in [-0.05, 0) is 41.5 Å². The highest BCUT2D eigenvalue weighted by atomic mass is 35.5. The first kappa shape index (κ1) is 16.6. The Labute approximate surface area is 139 Å². The minimum atomic E-state index is -0.101. The maximum atomic E-state index is 5.86. The molecule has 0 aromatic heterocycles. The van der Waals surface area contributed by atoms with Crippen LogP contribution in [0.25, 0.3) is 0 Å². The number of hydrogen-bond acceptors (Lipinski definition) is 4. The van der Waals surface area contributed by atoms with Gasteiger partial charge in [0.15, 0.2) is 11.5 Å². The van der Waals surface area contributed by atoms with Gasteiger partial charge in [-0.1, -0.05) is 23.7 Å². The number of nitrogens with two attached hydrogens (primary N) is 2. The molecule has 2 aromatic carbocycles. The van der Waals surface area contributed by atoms with Gasteiger partial charge in [0, 0.05) is 5.02 Å². The number of hydrogen-bond donors (Lipinski definition) is 2. The number of methoxy groups -OCH3 is 1. The normalized spacial score (nSPS) is 10.5. The van der Waals surface area contributed by atoms with Crippen molar-refractivity contribution < 1.29 is 9.47 Å². The molecule has 0 unspecified atom stereocenters. The predicted molar refractivity (Wildman–Crippen MR) is 92.2 cm³/mol. The molecule has 4 N–H and O–H groups in total. The average Bonchev–Trinajstić information content (AvgIpc) is 2.54. The number of nitrogens with zero attached hydrogens (tertiary/aromatic N) is 2. The molecule has 2 aromatic rings. The van der Waals surface area contributed by atoms with E-state index in [1.807, 2.05) is 30.3 Å². The summed E-state index contributed by atoms with van der Waals surface area (Å²) in [6, 6.07) is 12.9. The minimum absolute atomic E-state index is 0.101. The Hall–Kier alpha value is -2.73. The van der Waals surface area contributed by atoms with Crippen molar-refractivity contribution in [2.24, 2.45) is 21.7 Å². The zero-order chi connectivity index (χ0) is 16.7. The Morgan fingerprint density at radius 3 is 2.52 bits per heavy atom. The van der Waals surface area contributed by atoms with Crippen molar-refractivity contribution in [3.63, 3.8) is 0 Å². The van der Waals surface area contributed by atoms with Gasteiger partial charge in [-0.25, -0.2) is 0 Å². The van der Waals surface area contributed by atoms with Crippen LogP contribution in [0, 0.1) is 0 Å². The molecular formula is C16H17ClN4O2. The van der Waals surface area contributed by atoms with Crippen LogP contribution in [0.1, 0.15) is 11.1 Å². The Bertz CT molecular complexity index is 711. The van der Waals surface area contributed by atoms with Crippen molar-refractivity contribution in [3.8, 4) is 11.5 Å². The van der Waals surface area contributed by atoms with Crippen LogP contribution < -0.4 is 20.9 Å². The van der Waals surface area contributed by atoms with Crippen LogP contribution in [0.15, 0.2) is 52.7 Å². The molecule has 0 bridgehead atoms. The first-order valence-electron chi connectivity index (χ1n) is 6.75. The maximum Gasteiger partial charge on any atom is 0.211 e. The van der Waals surface area contributed by atoms with Crippen molar-refractivity contribution >= 4 is 23.8 Å². The second-order valence-electron chi connectivity index (χ2n) is 4.59. The summed E-state index contributed by atoms with van der Waals surface area (Å²) in [7, 11) is 1.57. The Balaban J connectivity index is 2.08. The van der Waals surface area contributed by atoms with Gasteiger partial charge in [0.25, 0.3) is 0 Å². The zero-order valence-corrected chi connectivity index (χ0v) is 13.3. The van der Waals surface area contributed by atoms with Crippen LogP contribution >= 0.6 is 11.6 Å². The highest BCUT2D eigenvalue weighted by Gasteiger charge is 2.05. The Morgan fingerprint density at radius 2 is 1.87 bits per heavy atom. The van der Waals surface area contributed by atoms with E-state index in [1.165, 1.54) is 6.21 Å². The molecular weight excluding hydrogens is 316 g/mol. The third-order valence-electron chi connectivity index (χ3n) is 2.88. The molecule has 23 heavy (non-hydrogen) atoms. The third-order valence-corrected chi connectivity index (χ3v) is 3.13. The standard InChI is InChI=1S/C16H17ClN4O2/c1-22-15-8-12(9-20-21-16(18)19)4-7-14(15)23-10-11-2-5-13(17)6-3-11/h2-9H,10H2,1H3,(H4,18,19,21)/b20-9-. The van der Waals surface area contributed by atoms with E-state index < -0.39 is 0 Å². The molecule has 120 valence electrons. The average molecular weight is 333 g/mol. The summed E-state index contributed by atoms with van der Waals surface area (Å²) in [6.07, 6.45) is 1.52. The fourth-order valence-electron chi connectivity index (χ4n) is 1.79. The molecule has 0 saturated heterocycles. The van der Waals surface area contributed by atoms with E-state index in [0.29, 0.717) is 23.1 Å². The topological polar surface area (TPSA) is 95.2 Å². The van der Waals surface area contributed by atoms with Gasteiger partial charge in [0.1, 0.15) is 6.61 Å². The fourth-order valence-corrected chi connectivity index (χ4v) is 1.91. The van der Waals surface area contributed by atoms with Gasteiger partial charge in [-0.3, -0.25) is 0 Å². The number of halogens is 1. The minimum Gasteiger partial charge on any atom is -0.493 e. The zero-order valence-electron chi connectivity index (χ0n) is 12.6. The molecule has 6 nitrogen and oxygen atoms in total. The number of benzene rings is 2. The molecule has 0 amide bonds. The third kappa shape index (κ3) is 5.19. The number of ether oxygens (including phenoxy) is 2. The van der Waals surface area contributed by atoms with E-state index >= 15 is 0 Å².